The van der Waals surface area contributed by atoms with Crippen LogP contribution in [-0.2, 0) is 16.0 Å². The third-order valence-electron chi connectivity index (χ3n) is 3.71. The standard InChI is InChI=1S/C13H19NO3/c1-2-12(16-5-1)9-14-11-3-6-17-13(8-11)4-7-15-10-13/h1-2,5,11,14H,3-4,6-10H2. The van der Waals surface area contributed by atoms with Crippen molar-refractivity contribution in [3.8, 4) is 0 Å². The molecule has 1 aromatic rings. The zero-order valence-electron chi connectivity index (χ0n) is 9.98. The summed E-state index contributed by atoms with van der Waals surface area (Å²) in [5.41, 5.74) is -0.0148. The van der Waals surface area contributed by atoms with Crippen molar-refractivity contribution in [1.29, 1.82) is 0 Å². The highest BCUT2D eigenvalue weighted by Gasteiger charge is 2.40. The second kappa shape index (κ2) is 4.80. The molecule has 94 valence electrons. The second-order valence-corrected chi connectivity index (χ2v) is 4.98. The largest absolute Gasteiger partial charge is 0.468 e. The van der Waals surface area contributed by atoms with Crippen LogP contribution < -0.4 is 5.32 Å². The van der Waals surface area contributed by atoms with E-state index in [1.54, 1.807) is 6.26 Å². The van der Waals surface area contributed by atoms with Gasteiger partial charge in [0.25, 0.3) is 0 Å². The summed E-state index contributed by atoms with van der Waals surface area (Å²) >= 11 is 0. The molecule has 3 heterocycles. The Labute approximate surface area is 101 Å². The van der Waals surface area contributed by atoms with E-state index in [0.717, 1.165) is 51.4 Å². The number of hydrogen-bond acceptors (Lipinski definition) is 4. The maximum absolute atomic E-state index is 5.91. The first-order valence-corrected chi connectivity index (χ1v) is 6.34. The molecule has 0 aliphatic carbocycles. The fraction of sp³-hybridized carbons (Fsp3) is 0.692. The number of rotatable bonds is 3. The summed E-state index contributed by atoms with van der Waals surface area (Å²) in [5, 5.41) is 3.55. The SMILES string of the molecule is c1coc(CNC2CCOC3(CCOC3)C2)c1. The van der Waals surface area contributed by atoms with E-state index < -0.39 is 0 Å². The Kier molecular flexibility index (Phi) is 3.18. The molecule has 2 unspecified atom stereocenters. The van der Waals surface area contributed by atoms with Crippen molar-refractivity contribution in [2.75, 3.05) is 19.8 Å². The van der Waals surface area contributed by atoms with E-state index in [9.17, 15) is 0 Å². The van der Waals surface area contributed by atoms with E-state index in [0.29, 0.717) is 6.04 Å². The summed E-state index contributed by atoms with van der Waals surface area (Å²) in [6.07, 6.45) is 4.87. The third kappa shape index (κ3) is 2.54. The zero-order chi connectivity index (χ0) is 11.6. The summed E-state index contributed by atoms with van der Waals surface area (Å²) in [7, 11) is 0. The monoisotopic (exact) mass is 237 g/mol. The van der Waals surface area contributed by atoms with E-state index in [-0.39, 0.29) is 5.60 Å². The summed E-state index contributed by atoms with van der Waals surface area (Å²) in [5.74, 6) is 0.994. The Bertz CT molecular complexity index is 344. The van der Waals surface area contributed by atoms with Crippen molar-refractivity contribution in [1.82, 2.24) is 5.32 Å². The lowest BCUT2D eigenvalue weighted by Gasteiger charge is -2.37. The molecule has 0 bridgehead atoms. The molecule has 1 aromatic heterocycles. The molecule has 2 saturated heterocycles. The highest BCUT2D eigenvalue weighted by Crippen LogP contribution is 2.32. The molecule has 0 radical (unpaired) electrons. The first kappa shape index (κ1) is 11.3. The Hall–Kier alpha value is -0.840. The fourth-order valence-corrected chi connectivity index (χ4v) is 2.72. The van der Waals surface area contributed by atoms with E-state index in [2.05, 4.69) is 5.32 Å². The third-order valence-corrected chi connectivity index (χ3v) is 3.71. The van der Waals surface area contributed by atoms with Crippen molar-refractivity contribution in [2.45, 2.75) is 37.5 Å². The Morgan fingerprint density at radius 2 is 2.41 bits per heavy atom. The lowest BCUT2D eigenvalue weighted by Crippen LogP contribution is -2.47. The van der Waals surface area contributed by atoms with Gasteiger partial charge in [0.1, 0.15) is 5.76 Å². The van der Waals surface area contributed by atoms with Gasteiger partial charge in [-0.05, 0) is 25.0 Å². The van der Waals surface area contributed by atoms with Crippen molar-refractivity contribution < 1.29 is 13.9 Å². The predicted octanol–water partition coefficient (Wildman–Crippen LogP) is 1.71. The van der Waals surface area contributed by atoms with E-state index in [4.69, 9.17) is 13.9 Å². The van der Waals surface area contributed by atoms with E-state index in [1.165, 1.54) is 0 Å². The molecule has 2 fully saturated rings. The Balaban J connectivity index is 1.53. The van der Waals surface area contributed by atoms with Crippen LogP contribution in [0.3, 0.4) is 0 Å². The van der Waals surface area contributed by atoms with Crippen LogP contribution in [0.25, 0.3) is 0 Å². The molecule has 2 aliphatic rings. The van der Waals surface area contributed by atoms with Gasteiger partial charge in [-0.1, -0.05) is 0 Å². The Morgan fingerprint density at radius 1 is 1.41 bits per heavy atom. The lowest BCUT2D eigenvalue weighted by atomic mass is 9.90. The molecule has 17 heavy (non-hydrogen) atoms. The van der Waals surface area contributed by atoms with Gasteiger partial charge in [0.15, 0.2) is 0 Å². The summed E-state index contributed by atoms with van der Waals surface area (Å²) in [6, 6.07) is 4.43. The molecule has 0 saturated carbocycles. The maximum Gasteiger partial charge on any atom is 0.117 e. The topological polar surface area (TPSA) is 43.6 Å². The minimum Gasteiger partial charge on any atom is -0.468 e. The predicted molar refractivity (Wildman–Crippen MR) is 62.7 cm³/mol. The second-order valence-electron chi connectivity index (χ2n) is 4.98. The highest BCUT2D eigenvalue weighted by atomic mass is 16.6. The summed E-state index contributed by atoms with van der Waals surface area (Å²) in [4.78, 5) is 0. The number of furan rings is 1. The minimum absolute atomic E-state index is 0.0148. The summed E-state index contributed by atoms with van der Waals surface area (Å²) < 4.78 is 16.7. The molecule has 2 aliphatic heterocycles. The van der Waals surface area contributed by atoms with Crippen molar-refractivity contribution in [3.63, 3.8) is 0 Å². The average molecular weight is 237 g/mol. The minimum atomic E-state index is -0.0148. The van der Waals surface area contributed by atoms with Gasteiger partial charge in [0, 0.05) is 25.7 Å². The van der Waals surface area contributed by atoms with Gasteiger partial charge in [0.05, 0.1) is 25.0 Å². The van der Waals surface area contributed by atoms with Crippen LogP contribution >= 0.6 is 0 Å². The van der Waals surface area contributed by atoms with Gasteiger partial charge in [0.2, 0.25) is 0 Å². The normalized spacial score (nSPS) is 33.3. The molecule has 3 rings (SSSR count). The first-order valence-electron chi connectivity index (χ1n) is 6.34. The van der Waals surface area contributed by atoms with Gasteiger partial charge in [-0.2, -0.15) is 0 Å². The van der Waals surface area contributed by atoms with Crippen LogP contribution in [0.15, 0.2) is 22.8 Å². The molecule has 4 heteroatoms. The Morgan fingerprint density at radius 3 is 3.18 bits per heavy atom. The molecule has 1 spiro atoms. The molecule has 4 nitrogen and oxygen atoms in total. The molecule has 0 aromatic carbocycles. The van der Waals surface area contributed by atoms with Crippen molar-refractivity contribution >= 4 is 0 Å². The van der Waals surface area contributed by atoms with Crippen LogP contribution in [0.1, 0.15) is 25.0 Å². The van der Waals surface area contributed by atoms with Crippen LogP contribution in [0.4, 0.5) is 0 Å². The van der Waals surface area contributed by atoms with Gasteiger partial charge in [-0.15, -0.1) is 0 Å². The highest BCUT2D eigenvalue weighted by molar-refractivity contribution is 4.99. The lowest BCUT2D eigenvalue weighted by molar-refractivity contribution is -0.0896. The van der Waals surface area contributed by atoms with Gasteiger partial charge in [-0.3, -0.25) is 0 Å². The van der Waals surface area contributed by atoms with Gasteiger partial charge in [-0.25, -0.2) is 0 Å². The molecule has 2 atom stereocenters. The zero-order valence-corrected chi connectivity index (χ0v) is 9.98. The molecular weight excluding hydrogens is 218 g/mol. The smallest absolute Gasteiger partial charge is 0.117 e. The number of hydrogen-bond donors (Lipinski definition) is 1. The summed E-state index contributed by atoms with van der Waals surface area (Å²) in [6.45, 7) is 3.23. The van der Waals surface area contributed by atoms with E-state index in [1.807, 2.05) is 12.1 Å². The fourth-order valence-electron chi connectivity index (χ4n) is 2.72. The average Bonchev–Trinajstić information content (AvgIpc) is 2.99. The van der Waals surface area contributed by atoms with Crippen LogP contribution in [0, 0.1) is 0 Å². The van der Waals surface area contributed by atoms with Gasteiger partial charge < -0.3 is 19.2 Å². The van der Waals surface area contributed by atoms with Crippen LogP contribution in [-0.4, -0.2) is 31.5 Å². The van der Waals surface area contributed by atoms with Crippen molar-refractivity contribution in [2.24, 2.45) is 0 Å². The molecule has 0 amide bonds. The van der Waals surface area contributed by atoms with Crippen LogP contribution in [0.2, 0.25) is 0 Å². The van der Waals surface area contributed by atoms with Gasteiger partial charge >= 0.3 is 0 Å². The first-order chi connectivity index (χ1) is 8.36. The maximum atomic E-state index is 5.91. The number of nitrogens with one attached hydrogen (secondary N) is 1. The number of ether oxygens (including phenoxy) is 2. The molecular formula is C13H19NO3. The van der Waals surface area contributed by atoms with Crippen molar-refractivity contribution in [3.05, 3.63) is 24.2 Å². The molecule has 1 N–H and O–H groups in total. The van der Waals surface area contributed by atoms with E-state index >= 15 is 0 Å². The van der Waals surface area contributed by atoms with Crippen LogP contribution in [0.5, 0.6) is 0 Å². The quantitative estimate of drug-likeness (QED) is 0.869.